The highest BCUT2D eigenvalue weighted by Gasteiger charge is 2.14. The first-order valence-corrected chi connectivity index (χ1v) is 3.73. The zero-order valence-corrected chi connectivity index (χ0v) is 7.38. The number of hydrogen-bond acceptors (Lipinski definition) is 1. The van der Waals surface area contributed by atoms with Gasteiger partial charge in [0.15, 0.2) is 11.6 Å². The first-order valence-electron chi connectivity index (χ1n) is 2.56. The van der Waals surface area contributed by atoms with E-state index in [0.29, 0.717) is 0 Å². The smallest absolute Gasteiger partial charge is 0.187 e. The molecule has 0 aromatic heterocycles. The van der Waals surface area contributed by atoms with Crippen molar-refractivity contribution in [3.05, 3.63) is 27.2 Å². The van der Waals surface area contributed by atoms with E-state index in [-0.39, 0.29) is 4.47 Å². The molecular weight excluding hydrogens is 241 g/mol. The number of rotatable bonds is 0. The van der Waals surface area contributed by atoms with E-state index in [1.54, 1.807) is 0 Å². The quantitative estimate of drug-likeness (QED) is 0.548. The van der Waals surface area contributed by atoms with Gasteiger partial charge >= 0.3 is 0 Å². The number of phenolic OH excluding ortho intramolecular Hbond substituents is 1. The highest BCUT2D eigenvalue weighted by molar-refractivity contribution is 9.10. The van der Waals surface area contributed by atoms with Crippen LogP contribution in [0.25, 0.3) is 0 Å². The molecule has 1 aromatic rings. The van der Waals surface area contributed by atoms with Crippen LogP contribution in [0.2, 0.25) is 5.02 Å². The van der Waals surface area contributed by atoms with E-state index in [0.717, 1.165) is 6.07 Å². The number of halogens is 4. The highest BCUT2D eigenvalue weighted by Crippen LogP contribution is 2.33. The lowest BCUT2D eigenvalue weighted by atomic mass is 10.3. The standard InChI is InChI=1S/C6H2BrClF2O/c7-2-1-3(9)4(8)5(10)6(2)11/h1,11H. The number of phenols is 1. The van der Waals surface area contributed by atoms with Gasteiger partial charge in [0.25, 0.3) is 0 Å². The molecule has 0 saturated heterocycles. The van der Waals surface area contributed by atoms with Gasteiger partial charge in [-0.15, -0.1) is 0 Å². The number of aromatic hydroxyl groups is 1. The number of benzene rings is 1. The second-order valence-electron chi connectivity index (χ2n) is 1.82. The fraction of sp³-hybridized carbons (Fsp3) is 0. The van der Waals surface area contributed by atoms with Crippen molar-refractivity contribution in [1.82, 2.24) is 0 Å². The minimum Gasteiger partial charge on any atom is -0.504 e. The summed E-state index contributed by atoms with van der Waals surface area (Å²) in [6.45, 7) is 0. The van der Waals surface area contributed by atoms with Crippen LogP contribution in [-0.2, 0) is 0 Å². The van der Waals surface area contributed by atoms with Crippen molar-refractivity contribution in [2.75, 3.05) is 0 Å². The molecule has 11 heavy (non-hydrogen) atoms. The van der Waals surface area contributed by atoms with Crippen LogP contribution in [0.4, 0.5) is 8.78 Å². The molecule has 0 aliphatic carbocycles. The van der Waals surface area contributed by atoms with E-state index in [2.05, 4.69) is 15.9 Å². The van der Waals surface area contributed by atoms with Gasteiger partial charge in [-0.2, -0.15) is 0 Å². The van der Waals surface area contributed by atoms with E-state index in [1.807, 2.05) is 0 Å². The molecule has 0 aliphatic heterocycles. The van der Waals surface area contributed by atoms with Crippen LogP contribution in [0.5, 0.6) is 5.75 Å². The van der Waals surface area contributed by atoms with Crippen molar-refractivity contribution in [2.45, 2.75) is 0 Å². The maximum atomic E-state index is 12.6. The molecule has 0 bridgehead atoms. The zero-order valence-electron chi connectivity index (χ0n) is 5.04. The maximum absolute atomic E-state index is 12.6. The van der Waals surface area contributed by atoms with Crippen LogP contribution in [0.1, 0.15) is 0 Å². The Morgan fingerprint density at radius 2 is 2.00 bits per heavy atom. The normalized spacial score (nSPS) is 10.2. The molecule has 0 aliphatic rings. The summed E-state index contributed by atoms with van der Waals surface area (Å²) in [5, 5.41) is 8.14. The van der Waals surface area contributed by atoms with Crippen LogP contribution in [0, 0.1) is 11.6 Å². The molecular formula is C6H2BrClF2O. The topological polar surface area (TPSA) is 20.2 Å². The van der Waals surface area contributed by atoms with Crippen LogP contribution in [0.15, 0.2) is 10.5 Å². The molecule has 60 valence electrons. The Morgan fingerprint density at radius 3 is 2.55 bits per heavy atom. The van der Waals surface area contributed by atoms with Crippen LogP contribution in [0.3, 0.4) is 0 Å². The van der Waals surface area contributed by atoms with Gasteiger partial charge in [0.05, 0.1) is 4.47 Å². The first-order chi connectivity index (χ1) is 5.04. The van der Waals surface area contributed by atoms with Crippen LogP contribution < -0.4 is 0 Å². The monoisotopic (exact) mass is 242 g/mol. The van der Waals surface area contributed by atoms with E-state index in [1.165, 1.54) is 0 Å². The fourth-order valence-corrected chi connectivity index (χ4v) is 1.08. The molecule has 0 atom stereocenters. The zero-order chi connectivity index (χ0) is 8.59. The molecule has 0 unspecified atom stereocenters. The second-order valence-corrected chi connectivity index (χ2v) is 3.05. The second kappa shape index (κ2) is 2.95. The Hall–Kier alpha value is -0.350. The van der Waals surface area contributed by atoms with Gasteiger partial charge in [-0.25, -0.2) is 8.78 Å². The summed E-state index contributed by atoms with van der Waals surface area (Å²) in [6, 6.07) is 0.890. The van der Waals surface area contributed by atoms with E-state index in [9.17, 15) is 8.78 Å². The third-order valence-electron chi connectivity index (χ3n) is 1.09. The molecule has 0 spiro atoms. The Balaban J connectivity index is 3.46. The van der Waals surface area contributed by atoms with Gasteiger partial charge in [0.1, 0.15) is 10.8 Å². The molecule has 0 saturated carbocycles. The first kappa shape index (κ1) is 8.74. The van der Waals surface area contributed by atoms with Gasteiger partial charge in [0.2, 0.25) is 0 Å². The van der Waals surface area contributed by atoms with Crippen molar-refractivity contribution in [3.8, 4) is 5.75 Å². The van der Waals surface area contributed by atoms with Crippen LogP contribution >= 0.6 is 27.5 Å². The lowest BCUT2D eigenvalue weighted by Crippen LogP contribution is -1.85. The number of hydrogen-bond donors (Lipinski definition) is 1. The summed E-state index contributed by atoms with van der Waals surface area (Å²) in [7, 11) is 0. The molecule has 1 nitrogen and oxygen atoms in total. The Labute approximate surface area is 74.7 Å². The SMILES string of the molecule is Oc1c(Br)cc(F)c(Cl)c1F. The van der Waals surface area contributed by atoms with Crippen molar-refractivity contribution in [2.24, 2.45) is 0 Å². The summed E-state index contributed by atoms with van der Waals surface area (Å²) < 4.78 is 25.0. The summed E-state index contributed by atoms with van der Waals surface area (Å²) in [6.07, 6.45) is 0. The molecule has 0 amide bonds. The summed E-state index contributed by atoms with van der Waals surface area (Å²) >= 11 is 7.87. The third kappa shape index (κ3) is 1.46. The van der Waals surface area contributed by atoms with Gasteiger partial charge in [-0.05, 0) is 22.0 Å². The predicted molar refractivity (Wildman–Crippen MR) is 40.7 cm³/mol. The summed E-state index contributed by atoms with van der Waals surface area (Å²) in [5.41, 5.74) is 0. The Bertz CT molecular complexity index is 277. The van der Waals surface area contributed by atoms with Crippen molar-refractivity contribution in [3.63, 3.8) is 0 Å². The van der Waals surface area contributed by atoms with E-state index in [4.69, 9.17) is 16.7 Å². The summed E-state index contributed by atoms with van der Waals surface area (Å²) in [5.74, 6) is -2.75. The van der Waals surface area contributed by atoms with Crippen molar-refractivity contribution < 1.29 is 13.9 Å². The average Bonchev–Trinajstić information content (AvgIpc) is 1.97. The molecule has 0 fully saturated rings. The molecule has 0 heterocycles. The minimum absolute atomic E-state index is 0.0584. The third-order valence-corrected chi connectivity index (χ3v) is 2.04. The van der Waals surface area contributed by atoms with E-state index < -0.39 is 22.4 Å². The fourth-order valence-electron chi connectivity index (χ4n) is 0.557. The van der Waals surface area contributed by atoms with Gasteiger partial charge in [0, 0.05) is 0 Å². The molecule has 1 aromatic carbocycles. The maximum Gasteiger partial charge on any atom is 0.187 e. The minimum atomic E-state index is -1.15. The lowest BCUT2D eigenvalue weighted by molar-refractivity contribution is 0.424. The van der Waals surface area contributed by atoms with Crippen molar-refractivity contribution >= 4 is 27.5 Å². The summed E-state index contributed by atoms with van der Waals surface area (Å²) in [4.78, 5) is 0. The lowest BCUT2D eigenvalue weighted by Gasteiger charge is -2.00. The van der Waals surface area contributed by atoms with Gasteiger partial charge in [-0.1, -0.05) is 11.6 Å². The van der Waals surface area contributed by atoms with E-state index >= 15 is 0 Å². The largest absolute Gasteiger partial charge is 0.504 e. The van der Waals surface area contributed by atoms with Crippen molar-refractivity contribution in [1.29, 1.82) is 0 Å². The molecule has 5 heteroatoms. The molecule has 0 radical (unpaired) electrons. The predicted octanol–water partition coefficient (Wildman–Crippen LogP) is 3.09. The highest BCUT2D eigenvalue weighted by atomic mass is 79.9. The Kier molecular flexibility index (Phi) is 2.34. The molecule has 1 N–H and O–H groups in total. The molecule has 1 rings (SSSR count). The van der Waals surface area contributed by atoms with Gasteiger partial charge < -0.3 is 5.11 Å². The van der Waals surface area contributed by atoms with Gasteiger partial charge in [-0.3, -0.25) is 0 Å². The Morgan fingerprint density at radius 1 is 1.45 bits per heavy atom. The van der Waals surface area contributed by atoms with Crippen LogP contribution in [-0.4, -0.2) is 5.11 Å². The average molecular weight is 243 g/mol.